The van der Waals surface area contributed by atoms with Crippen LogP contribution in [-0.2, 0) is 0 Å². The van der Waals surface area contributed by atoms with Crippen molar-refractivity contribution >= 4 is 35.9 Å². The zero-order valence-electron chi connectivity index (χ0n) is 6.94. The van der Waals surface area contributed by atoms with E-state index in [-0.39, 0.29) is 0 Å². The van der Waals surface area contributed by atoms with Gasteiger partial charge in [0.1, 0.15) is 13.6 Å². The molecule has 0 radical (unpaired) electrons. The predicted molar refractivity (Wildman–Crippen MR) is 58.6 cm³/mol. The zero-order valence-corrected chi connectivity index (χ0v) is 9.10. The van der Waals surface area contributed by atoms with Gasteiger partial charge in [0.05, 0.1) is 10.7 Å². The second kappa shape index (κ2) is 3.47. The summed E-state index contributed by atoms with van der Waals surface area (Å²) >= 11 is 2.29. The molecule has 0 N–H and O–H groups in total. The number of hydrogen-bond donors (Lipinski definition) is 0. The molecule has 1 aromatic rings. The number of methoxy groups -OCH3 is 1. The summed E-state index contributed by atoms with van der Waals surface area (Å²) in [6.45, 7) is 2.06. The minimum absolute atomic E-state index is 0.996. The monoisotopic (exact) mass is 260 g/mol. The molecular formula is C8H10BIO. The van der Waals surface area contributed by atoms with Crippen LogP contribution in [0.2, 0.25) is 0 Å². The van der Waals surface area contributed by atoms with E-state index in [1.807, 2.05) is 0 Å². The van der Waals surface area contributed by atoms with E-state index >= 15 is 0 Å². The van der Waals surface area contributed by atoms with Gasteiger partial charge in [-0.05, 0) is 35.1 Å². The molecule has 0 aliphatic heterocycles. The van der Waals surface area contributed by atoms with Gasteiger partial charge in [-0.1, -0.05) is 17.6 Å². The Balaban J connectivity index is 3.25. The molecule has 0 heterocycles. The summed E-state index contributed by atoms with van der Waals surface area (Å²) in [5.41, 5.74) is 2.49. The third-order valence-electron chi connectivity index (χ3n) is 1.58. The van der Waals surface area contributed by atoms with Crippen molar-refractivity contribution in [3.05, 3.63) is 21.3 Å². The van der Waals surface area contributed by atoms with Crippen LogP contribution < -0.4 is 10.2 Å². The van der Waals surface area contributed by atoms with Crippen LogP contribution in [0.5, 0.6) is 5.75 Å². The number of benzene rings is 1. The van der Waals surface area contributed by atoms with Crippen molar-refractivity contribution in [3.8, 4) is 5.75 Å². The molecule has 0 atom stereocenters. The molecule has 0 amide bonds. The number of ether oxygens (including phenoxy) is 1. The van der Waals surface area contributed by atoms with Crippen molar-refractivity contribution in [1.29, 1.82) is 0 Å². The Hall–Kier alpha value is -0.185. The van der Waals surface area contributed by atoms with Crippen molar-refractivity contribution < 1.29 is 4.74 Å². The Morgan fingerprint density at radius 2 is 2.09 bits per heavy atom. The first kappa shape index (κ1) is 8.91. The van der Waals surface area contributed by atoms with E-state index in [0.29, 0.717) is 0 Å². The lowest BCUT2D eigenvalue weighted by molar-refractivity contribution is 0.409. The van der Waals surface area contributed by atoms with Crippen LogP contribution in [0.3, 0.4) is 0 Å². The van der Waals surface area contributed by atoms with Gasteiger partial charge in [0, 0.05) is 0 Å². The van der Waals surface area contributed by atoms with E-state index in [0.717, 1.165) is 5.75 Å². The van der Waals surface area contributed by atoms with Crippen LogP contribution >= 0.6 is 22.6 Å². The molecule has 0 aliphatic carbocycles. The summed E-state index contributed by atoms with van der Waals surface area (Å²) in [4.78, 5) is 0. The van der Waals surface area contributed by atoms with Gasteiger partial charge >= 0.3 is 0 Å². The van der Waals surface area contributed by atoms with Crippen LogP contribution in [0.4, 0.5) is 0 Å². The fourth-order valence-electron chi connectivity index (χ4n) is 1.16. The lowest BCUT2D eigenvalue weighted by Crippen LogP contribution is -2.05. The van der Waals surface area contributed by atoms with Crippen LogP contribution in [-0.4, -0.2) is 15.0 Å². The lowest BCUT2D eigenvalue weighted by Gasteiger charge is -2.07. The Bertz CT molecular complexity index is 250. The fraction of sp³-hybridized carbons (Fsp3) is 0.250. The SMILES string of the molecule is Bc1cc(C)c(OC)c(I)c1. The minimum atomic E-state index is 0.996. The Morgan fingerprint density at radius 1 is 1.45 bits per heavy atom. The van der Waals surface area contributed by atoms with Crippen molar-refractivity contribution in [2.24, 2.45) is 0 Å². The van der Waals surface area contributed by atoms with Crippen LogP contribution in [0.25, 0.3) is 0 Å². The maximum atomic E-state index is 5.22. The maximum absolute atomic E-state index is 5.22. The van der Waals surface area contributed by atoms with Gasteiger partial charge in [0.15, 0.2) is 0 Å². The van der Waals surface area contributed by atoms with Gasteiger partial charge in [-0.2, -0.15) is 0 Å². The molecule has 0 saturated heterocycles. The normalized spacial score (nSPS) is 9.73. The van der Waals surface area contributed by atoms with Crippen molar-refractivity contribution in [2.75, 3.05) is 7.11 Å². The Morgan fingerprint density at radius 3 is 2.55 bits per heavy atom. The van der Waals surface area contributed by atoms with Gasteiger partial charge in [0.2, 0.25) is 0 Å². The molecule has 0 aliphatic rings. The van der Waals surface area contributed by atoms with Crippen molar-refractivity contribution in [3.63, 3.8) is 0 Å². The average Bonchev–Trinajstić information content (AvgIpc) is 1.85. The maximum Gasteiger partial charge on any atom is 0.139 e. The molecule has 1 nitrogen and oxygen atoms in total. The van der Waals surface area contributed by atoms with Gasteiger partial charge in [0.25, 0.3) is 0 Å². The van der Waals surface area contributed by atoms with Gasteiger partial charge in [-0.3, -0.25) is 0 Å². The van der Waals surface area contributed by atoms with E-state index in [9.17, 15) is 0 Å². The molecule has 11 heavy (non-hydrogen) atoms. The standard InChI is InChI=1S/C8H10BIO/c1-5-3-6(9)4-7(10)8(5)11-2/h3-4H,9H2,1-2H3. The molecule has 3 heteroatoms. The third-order valence-corrected chi connectivity index (χ3v) is 2.38. The molecule has 0 saturated carbocycles. The van der Waals surface area contributed by atoms with E-state index in [1.165, 1.54) is 14.6 Å². The quantitative estimate of drug-likeness (QED) is 0.537. The molecular weight excluding hydrogens is 250 g/mol. The third kappa shape index (κ3) is 1.89. The van der Waals surface area contributed by atoms with Crippen molar-refractivity contribution in [2.45, 2.75) is 6.92 Å². The summed E-state index contributed by atoms with van der Waals surface area (Å²) in [5, 5.41) is 0. The molecule has 0 spiro atoms. The van der Waals surface area contributed by atoms with Gasteiger partial charge < -0.3 is 4.74 Å². The fourth-order valence-corrected chi connectivity index (χ4v) is 2.30. The predicted octanol–water partition coefficient (Wildman–Crippen LogP) is 0.867. The highest BCUT2D eigenvalue weighted by Crippen LogP contribution is 2.22. The smallest absolute Gasteiger partial charge is 0.139 e. The Labute approximate surface area is 81.7 Å². The second-order valence-corrected chi connectivity index (χ2v) is 3.76. The average molecular weight is 260 g/mol. The topological polar surface area (TPSA) is 9.23 Å². The highest BCUT2D eigenvalue weighted by Gasteiger charge is 2.02. The van der Waals surface area contributed by atoms with E-state index in [4.69, 9.17) is 4.74 Å². The van der Waals surface area contributed by atoms with Crippen LogP contribution in [0.1, 0.15) is 5.56 Å². The Kier molecular flexibility index (Phi) is 2.81. The first-order chi connectivity index (χ1) is 5.15. The molecule has 1 aromatic carbocycles. The first-order valence-corrected chi connectivity index (χ1v) is 4.53. The van der Waals surface area contributed by atoms with Crippen LogP contribution in [0, 0.1) is 10.5 Å². The van der Waals surface area contributed by atoms with E-state index < -0.39 is 0 Å². The zero-order chi connectivity index (χ0) is 8.43. The van der Waals surface area contributed by atoms with Crippen LogP contribution in [0.15, 0.2) is 12.1 Å². The van der Waals surface area contributed by atoms with E-state index in [2.05, 4.69) is 49.5 Å². The lowest BCUT2D eigenvalue weighted by atomic mass is 9.94. The second-order valence-electron chi connectivity index (χ2n) is 2.60. The molecule has 0 unspecified atom stereocenters. The summed E-state index contributed by atoms with van der Waals surface area (Å²) in [6.07, 6.45) is 0. The highest BCUT2D eigenvalue weighted by atomic mass is 127. The van der Waals surface area contributed by atoms with E-state index in [1.54, 1.807) is 7.11 Å². The summed E-state index contributed by atoms with van der Waals surface area (Å²) in [6, 6.07) is 4.24. The summed E-state index contributed by atoms with van der Waals surface area (Å²) in [5.74, 6) is 0.996. The molecule has 0 bridgehead atoms. The van der Waals surface area contributed by atoms with Crippen molar-refractivity contribution in [1.82, 2.24) is 0 Å². The number of halogens is 1. The molecule has 1 rings (SSSR count). The highest BCUT2D eigenvalue weighted by molar-refractivity contribution is 14.1. The number of rotatable bonds is 1. The number of aryl methyl sites for hydroxylation is 1. The largest absolute Gasteiger partial charge is 0.495 e. The van der Waals surface area contributed by atoms with Gasteiger partial charge in [-0.15, -0.1) is 0 Å². The molecule has 58 valence electrons. The summed E-state index contributed by atoms with van der Waals surface area (Å²) in [7, 11) is 3.80. The molecule has 0 fully saturated rings. The van der Waals surface area contributed by atoms with Gasteiger partial charge in [-0.25, -0.2) is 0 Å². The number of hydrogen-bond acceptors (Lipinski definition) is 1. The molecule has 0 aromatic heterocycles. The first-order valence-electron chi connectivity index (χ1n) is 3.46. The summed E-state index contributed by atoms with van der Waals surface area (Å²) < 4.78 is 6.41. The minimum Gasteiger partial charge on any atom is -0.495 e.